The van der Waals surface area contributed by atoms with Gasteiger partial charge >= 0.3 is 0 Å². The number of rotatable bonds is 4. The van der Waals surface area contributed by atoms with Crippen molar-refractivity contribution in [3.8, 4) is 11.5 Å². The van der Waals surface area contributed by atoms with Crippen molar-refractivity contribution >= 4 is 0 Å². The topological polar surface area (TPSA) is 51.0 Å². The molecule has 1 aromatic carbocycles. The van der Waals surface area contributed by atoms with Crippen molar-refractivity contribution in [3.05, 3.63) is 23.8 Å². The normalized spacial score (nSPS) is 22.6. The second-order valence-corrected chi connectivity index (χ2v) is 5.48. The van der Waals surface area contributed by atoms with Gasteiger partial charge in [0, 0.05) is 37.8 Å². The number of likely N-dealkylation sites (N-methyl/N-ethyl adjacent to an activating group) is 2. The van der Waals surface area contributed by atoms with E-state index in [9.17, 15) is 0 Å². The van der Waals surface area contributed by atoms with Crippen molar-refractivity contribution in [2.24, 2.45) is 5.73 Å². The van der Waals surface area contributed by atoms with Gasteiger partial charge < -0.3 is 20.1 Å². The Morgan fingerprint density at radius 1 is 1.10 bits per heavy atom. The lowest BCUT2D eigenvalue weighted by molar-refractivity contribution is 0.0973. The van der Waals surface area contributed by atoms with Crippen LogP contribution in [0.15, 0.2) is 18.2 Å². The van der Waals surface area contributed by atoms with E-state index >= 15 is 0 Å². The summed E-state index contributed by atoms with van der Waals surface area (Å²) in [6.07, 6.45) is 0. The smallest absolute Gasteiger partial charge is 0.122 e. The lowest BCUT2D eigenvalue weighted by atomic mass is 9.96. The number of hydrogen-bond acceptors (Lipinski definition) is 5. The first-order chi connectivity index (χ1) is 9.55. The molecule has 2 rings (SSSR count). The zero-order chi connectivity index (χ0) is 14.7. The molecule has 0 amide bonds. The number of hydrogen-bond donors (Lipinski definition) is 1. The van der Waals surface area contributed by atoms with Gasteiger partial charge in [-0.3, -0.25) is 4.90 Å². The molecule has 5 heteroatoms. The number of benzene rings is 1. The summed E-state index contributed by atoms with van der Waals surface area (Å²) in [5, 5.41) is 0. The third-order valence-corrected chi connectivity index (χ3v) is 4.07. The summed E-state index contributed by atoms with van der Waals surface area (Å²) in [5.41, 5.74) is 7.54. The minimum atomic E-state index is -0.0632. The van der Waals surface area contributed by atoms with E-state index in [1.807, 2.05) is 18.2 Å². The molecule has 1 aliphatic rings. The Morgan fingerprint density at radius 3 is 2.25 bits per heavy atom. The highest BCUT2D eigenvalue weighted by molar-refractivity contribution is 5.40. The molecule has 0 spiro atoms. The number of ether oxygens (including phenoxy) is 2. The van der Waals surface area contributed by atoms with E-state index in [2.05, 4.69) is 23.9 Å². The number of methoxy groups -OCH3 is 2. The van der Waals surface area contributed by atoms with Gasteiger partial charge in [-0.15, -0.1) is 0 Å². The van der Waals surface area contributed by atoms with Crippen LogP contribution in [0.4, 0.5) is 0 Å². The Labute approximate surface area is 121 Å². The van der Waals surface area contributed by atoms with Crippen LogP contribution in [0.1, 0.15) is 11.6 Å². The maximum Gasteiger partial charge on any atom is 0.122 e. The van der Waals surface area contributed by atoms with E-state index in [0.29, 0.717) is 6.04 Å². The maximum atomic E-state index is 6.49. The standard InChI is InChI=1S/C15H25N3O2/c1-17-5-6-18(2)14(10-17)15(16)11-7-12(19-3)9-13(8-11)20-4/h7-9,14-15H,5-6,10,16H2,1-4H3. The summed E-state index contributed by atoms with van der Waals surface area (Å²) in [6, 6.07) is 6.09. The fraction of sp³-hybridized carbons (Fsp3) is 0.600. The van der Waals surface area contributed by atoms with E-state index < -0.39 is 0 Å². The number of nitrogens with two attached hydrogens (primary N) is 1. The van der Waals surface area contributed by atoms with Crippen molar-refractivity contribution in [2.75, 3.05) is 47.9 Å². The lowest BCUT2D eigenvalue weighted by Crippen LogP contribution is -2.54. The third-order valence-electron chi connectivity index (χ3n) is 4.07. The SMILES string of the molecule is COc1cc(OC)cc(C(N)C2CN(C)CCN2C)c1. The summed E-state index contributed by atoms with van der Waals surface area (Å²) in [6.45, 7) is 3.09. The van der Waals surface area contributed by atoms with Gasteiger partial charge in [-0.2, -0.15) is 0 Å². The molecule has 20 heavy (non-hydrogen) atoms. The molecule has 1 aliphatic heterocycles. The van der Waals surface area contributed by atoms with Crippen molar-refractivity contribution in [2.45, 2.75) is 12.1 Å². The second kappa shape index (κ2) is 6.43. The molecule has 1 aromatic rings. The molecule has 0 bridgehead atoms. The summed E-state index contributed by atoms with van der Waals surface area (Å²) < 4.78 is 10.6. The van der Waals surface area contributed by atoms with Crippen LogP contribution in [-0.4, -0.2) is 63.8 Å². The van der Waals surface area contributed by atoms with Gasteiger partial charge in [0.1, 0.15) is 11.5 Å². The third kappa shape index (κ3) is 3.23. The van der Waals surface area contributed by atoms with E-state index in [-0.39, 0.29) is 6.04 Å². The minimum absolute atomic E-state index is 0.0632. The Hall–Kier alpha value is -1.30. The fourth-order valence-corrected chi connectivity index (χ4v) is 2.68. The predicted octanol–water partition coefficient (Wildman–Crippen LogP) is 0.949. The highest BCUT2D eigenvalue weighted by atomic mass is 16.5. The molecule has 2 N–H and O–H groups in total. The average molecular weight is 279 g/mol. The highest BCUT2D eigenvalue weighted by Gasteiger charge is 2.29. The van der Waals surface area contributed by atoms with Gasteiger partial charge in [0.2, 0.25) is 0 Å². The molecule has 0 radical (unpaired) electrons. The molecule has 1 saturated heterocycles. The van der Waals surface area contributed by atoms with E-state index in [0.717, 1.165) is 36.7 Å². The maximum absolute atomic E-state index is 6.49. The molecule has 2 unspecified atom stereocenters. The van der Waals surface area contributed by atoms with Crippen molar-refractivity contribution < 1.29 is 9.47 Å². The van der Waals surface area contributed by atoms with Crippen LogP contribution in [0.2, 0.25) is 0 Å². The van der Waals surface area contributed by atoms with Gasteiger partial charge in [-0.1, -0.05) is 0 Å². The van der Waals surface area contributed by atoms with Crippen LogP contribution in [-0.2, 0) is 0 Å². The van der Waals surface area contributed by atoms with Crippen LogP contribution < -0.4 is 15.2 Å². The average Bonchev–Trinajstić information content (AvgIpc) is 2.48. The molecule has 1 fully saturated rings. The first kappa shape index (κ1) is 15.1. The molecule has 0 aromatic heterocycles. The van der Waals surface area contributed by atoms with Crippen LogP contribution in [0, 0.1) is 0 Å². The largest absolute Gasteiger partial charge is 0.497 e. The van der Waals surface area contributed by atoms with E-state index in [1.54, 1.807) is 14.2 Å². The van der Waals surface area contributed by atoms with Crippen LogP contribution in [0.3, 0.4) is 0 Å². The Balaban J connectivity index is 2.24. The zero-order valence-corrected chi connectivity index (χ0v) is 12.8. The van der Waals surface area contributed by atoms with E-state index in [4.69, 9.17) is 15.2 Å². The van der Waals surface area contributed by atoms with Crippen molar-refractivity contribution in [1.29, 1.82) is 0 Å². The molecule has 1 heterocycles. The van der Waals surface area contributed by atoms with Gasteiger partial charge in [0.05, 0.1) is 14.2 Å². The molecule has 5 nitrogen and oxygen atoms in total. The number of nitrogens with zero attached hydrogens (tertiary/aromatic N) is 2. The Bertz CT molecular complexity index is 430. The quantitative estimate of drug-likeness (QED) is 0.889. The van der Waals surface area contributed by atoms with Gasteiger partial charge in [0.25, 0.3) is 0 Å². The molecule has 112 valence electrons. The summed E-state index contributed by atoms with van der Waals surface area (Å²) in [4.78, 5) is 4.65. The van der Waals surface area contributed by atoms with Gasteiger partial charge in [-0.25, -0.2) is 0 Å². The van der Waals surface area contributed by atoms with Crippen molar-refractivity contribution in [3.63, 3.8) is 0 Å². The molecule has 0 saturated carbocycles. The molecule has 2 atom stereocenters. The molecule has 0 aliphatic carbocycles. The van der Waals surface area contributed by atoms with E-state index in [1.165, 1.54) is 0 Å². The minimum Gasteiger partial charge on any atom is -0.497 e. The van der Waals surface area contributed by atoms with Crippen molar-refractivity contribution in [1.82, 2.24) is 9.80 Å². The van der Waals surface area contributed by atoms with Crippen LogP contribution >= 0.6 is 0 Å². The van der Waals surface area contributed by atoms with Crippen LogP contribution in [0.25, 0.3) is 0 Å². The fourth-order valence-electron chi connectivity index (χ4n) is 2.68. The summed E-state index contributed by atoms with van der Waals surface area (Å²) in [7, 11) is 7.59. The summed E-state index contributed by atoms with van der Waals surface area (Å²) in [5.74, 6) is 1.56. The van der Waals surface area contributed by atoms with Gasteiger partial charge in [-0.05, 0) is 31.8 Å². The Morgan fingerprint density at radius 2 is 1.70 bits per heavy atom. The molecular formula is C15H25N3O2. The number of piperazine rings is 1. The van der Waals surface area contributed by atoms with Crippen LogP contribution in [0.5, 0.6) is 11.5 Å². The Kier molecular flexibility index (Phi) is 4.86. The zero-order valence-electron chi connectivity index (χ0n) is 12.8. The van der Waals surface area contributed by atoms with Gasteiger partial charge in [0.15, 0.2) is 0 Å². The predicted molar refractivity (Wildman–Crippen MR) is 80.4 cm³/mol. The highest BCUT2D eigenvalue weighted by Crippen LogP contribution is 2.29. The first-order valence-corrected chi connectivity index (χ1v) is 6.92. The molecular weight excluding hydrogens is 254 g/mol. The monoisotopic (exact) mass is 279 g/mol. The second-order valence-electron chi connectivity index (χ2n) is 5.48. The first-order valence-electron chi connectivity index (χ1n) is 6.92. The lowest BCUT2D eigenvalue weighted by Gasteiger charge is -2.40. The summed E-state index contributed by atoms with van der Waals surface area (Å²) >= 11 is 0.